The summed E-state index contributed by atoms with van der Waals surface area (Å²) in [4.78, 5) is 13.6. The molecule has 4 nitrogen and oxygen atoms in total. The molecule has 3 aromatic heterocycles. The van der Waals surface area contributed by atoms with E-state index >= 15 is 0 Å². The van der Waals surface area contributed by atoms with Gasteiger partial charge in [0.2, 0.25) is 0 Å². The molecule has 0 aliphatic carbocycles. The Labute approximate surface area is 156 Å². The number of hydrogen-bond donors (Lipinski definition) is 0. The fourth-order valence-corrected chi connectivity index (χ4v) is 3.14. The van der Waals surface area contributed by atoms with Crippen molar-refractivity contribution < 1.29 is 4.74 Å². The van der Waals surface area contributed by atoms with Crippen LogP contribution in [0.5, 0.6) is 11.5 Å². The molecule has 0 aliphatic heterocycles. The Bertz CT molecular complexity index is 1250. The normalized spacial score (nSPS) is 11.0. The number of pyridine rings is 3. The molecule has 0 bridgehead atoms. The lowest BCUT2D eigenvalue weighted by Crippen LogP contribution is -1.95. The quantitative estimate of drug-likeness (QED) is 0.423. The molecule has 5 aromatic rings. The highest BCUT2D eigenvalue weighted by Gasteiger charge is 2.13. The van der Waals surface area contributed by atoms with Crippen LogP contribution in [0.2, 0.25) is 0 Å². The van der Waals surface area contributed by atoms with Gasteiger partial charge in [0.15, 0.2) is 11.4 Å². The summed E-state index contributed by atoms with van der Waals surface area (Å²) in [5.74, 6) is 1.45. The van der Waals surface area contributed by atoms with Crippen LogP contribution in [0.15, 0.2) is 91.3 Å². The fraction of sp³-hybridized carbons (Fsp3) is 0. The summed E-state index contributed by atoms with van der Waals surface area (Å²) in [7, 11) is 0. The van der Waals surface area contributed by atoms with Crippen LogP contribution in [0.3, 0.4) is 0 Å². The summed E-state index contributed by atoms with van der Waals surface area (Å²) in [5, 5.41) is 1.90. The summed E-state index contributed by atoms with van der Waals surface area (Å²) in [6.07, 6.45) is 3.51. The van der Waals surface area contributed by atoms with E-state index in [0.717, 1.165) is 33.3 Å². The molecule has 0 unspecified atom stereocenters. The van der Waals surface area contributed by atoms with Gasteiger partial charge in [-0.1, -0.05) is 42.5 Å². The van der Waals surface area contributed by atoms with Crippen molar-refractivity contribution in [2.24, 2.45) is 0 Å². The van der Waals surface area contributed by atoms with Crippen molar-refractivity contribution in [3.05, 3.63) is 91.3 Å². The van der Waals surface area contributed by atoms with Gasteiger partial charge in [0, 0.05) is 28.7 Å². The molecule has 2 aromatic carbocycles. The van der Waals surface area contributed by atoms with Crippen molar-refractivity contribution in [2.45, 2.75) is 0 Å². The summed E-state index contributed by atoms with van der Waals surface area (Å²) in [6, 6.07) is 25.7. The van der Waals surface area contributed by atoms with Gasteiger partial charge >= 0.3 is 0 Å². The molecule has 5 rings (SSSR count). The van der Waals surface area contributed by atoms with Gasteiger partial charge in [-0.05, 0) is 36.4 Å². The number of hydrogen-bond acceptors (Lipinski definition) is 4. The molecule has 0 fully saturated rings. The SMILES string of the molecule is c1ccc(-c2nc3ncccc3cc2Oc2ccnc3ccccc23)cc1. The standard InChI is InChI=1S/C23H15N3O/c1-2-7-16(8-3-1)22-21(15-17-9-6-13-25-23(17)26-22)27-20-12-14-24-19-11-5-4-10-18(19)20/h1-15H. The zero-order valence-electron chi connectivity index (χ0n) is 14.4. The molecule has 0 aliphatic rings. The fourth-order valence-electron chi connectivity index (χ4n) is 3.14. The Morgan fingerprint density at radius 2 is 1.52 bits per heavy atom. The van der Waals surface area contributed by atoms with Crippen LogP contribution in [0, 0.1) is 0 Å². The van der Waals surface area contributed by atoms with Crippen LogP contribution < -0.4 is 4.74 Å². The third-order valence-corrected chi connectivity index (χ3v) is 4.43. The Balaban J connectivity index is 1.71. The molecule has 3 heterocycles. The van der Waals surface area contributed by atoms with Crippen molar-refractivity contribution >= 4 is 21.9 Å². The maximum absolute atomic E-state index is 6.36. The predicted octanol–water partition coefficient (Wildman–Crippen LogP) is 5.64. The molecule has 0 spiro atoms. The average molecular weight is 349 g/mol. The lowest BCUT2D eigenvalue weighted by molar-refractivity contribution is 0.488. The average Bonchev–Trinajstić information content (AvgIpc) is 2.74. The van der Waals surface area contributed by atoms with Crippen molar-refractivity contribution in [1.29, 1.82) is 0 Å². The Hall–Kier alpha value is -3.79. The van der Waals surface area contributed by atoms with Crippen molar-refractivity contribution in [2.75, 3.05) is 0 Å². The van der Waals surface area contributed by atoms with Crippen LogP contribution in [-0.2, 0) is 0 Å². The number of rotatable bonds is 3. The Kier molecular flexibility index (Phi) is 3.72. The van der Waals surface area contributed by atoms with Crippen molar-refractivity contribution in [3.63, 3.8) is 0 Å². The number of para-hydroxylation sites is 1. The largest absolute Gasteiger partial charge is 0.454 e. The van der Waals surface area contributed by atoms with Gasteiger partial charge in [-0.3, -0.25) is 4.98 Å². The summed E-state index contributed by atoms with van der Waals surface area (Å²) in [6.45, 7) is 0. The van der Waals surface area contributed by atoms with E-state index in [4.69, 9.17) is 9.72 Å². The highest BCUT2D eigenvalue weighted by Crippen LogP contribution is 2.36. The molecular weight excluding hydrogens is 334 g/mol. The first-order valence-corrected chi connectivity index (χ1v) is 8.71. The number of benzene rings is 2. The lowest BCUT2D eigenvalue weighted by atomic mass is 10.1. The van der Waals surface area contributed by atoms with E-state index in [1.54, 1.807) is 12.4 Å². The van der Waals surface area contributed by atoms with E-state index in [1.165, 1.54) is 0 Å². The number of aromatic nitrogens is 3. The second kappa shape index (κ2) is 6.50. The van der Waals surface area contributed by atoms with Gasteiger partial charge in [0.25, 0.3) is 0 Å². The minimum absolute atomic E-state index is 0.693. The molecule has 0 saturated carbocycles. The number of fused-ring (bicyclic) bond motifs is 2. The third kappa shape index (κ3) is 2.87. The van der Waals surface area contributed by atoms with E-state index in [9.17, 15) is 0 Å². The summed E-state index contributed by atoms with van der Waals surface area (Å²) in [5.41, 5.74) is 3.34. The second-order valence-electron chi connectivity index (χ2n) is 6.18. The molecule has 4 heteroatoms. The molecular formula is C23H15N3O. The van der Waals surface area contributed by atoms with Crippen molar-refractivity contribution in [3.8, 4) is 22.8 Å². The van der Waals surface area contributed by atoms with Crippen molar-refractivity contribution in [1.82, 2.24) is 15.0 Å². The maximum atomic E-state index is 6.36. The topological polar surface area (TPSA) is 47.9 Å². The zero-order chi connectivity index (χ0) is 18.1. The van der Waals surface area contributed by atoms with Gasteiger partial charge in [0.05, 0.1) is 5.52 Å². The number of nitrogens with zero attached hydrogens (tertiary/aromatic N) is 3. The van der Waals surface area contributed by atoms with E-state index in [1.807, 2.05) is 78.9 Å². The minimum atomic E-state index is 0.693. The van der Waals surface area contributed by atoms with Crippen LogP contribution in [0.25, 0.3) is 33.2 Å². The highest BCUT2D eigenvalue weighted by molar-refractivity contribution is 5.86. The zero-order valence-corrected chi connectivity index (χ0v) is 14.4. The van der Waals surface area contributed by atoms with Gasteiger partial charge in [0.1, 0.15) is 11.4 Å². The highest BCUT2D eigenvalue weighted by atomic mass is 16.5. The van der Waals surface area contributed by atoms with E-state index in [2.05, 4.69) is 9.97 Å². The Morgan fingerprint density at radius 1 is 0.667 bits per heavy atom. The number of ether oxygens (including phenoxy) is 1. The minimum Gasteiger partial charge on any atom is -0.454 e. The van der Waals surface area contributed by atoms with E-state index in [0.29, 0.717) is 11.4 Å². The van der Waals surface area contributed by atoms with E-state index < -0.39 is 0 Å². The summed E-state index contributed by atoms with van der Waals surface area (Å²) < 4.78 is 6.36. The molecule has 0 N–H and O–H groups in total. The first-order valence-electron chi connectivity index (χ1n) is 8.71. The first kappa shape index (κ1) is 15.5. The second-order valence-corrected chi connectivity index (χ2v) is 6.18. The van der Waals surface area contributed by atoms with E-state index in [-0.39, 0.29) is 0 Å². The maximum Gasteiger partial charge on any atom is 0.160 e. The van der Waals surface area contributed by atoms with Crippen LogP contribution in [0.1, 0.15) is 0 Å². The molecule has 0 radical (unpaired) electrons. The third-order valence-electron chi connectivity index (χ3n) is 4.43. The van der Waals surface area contributed by atoms with Gasteiger partial charge in [-0.2, -0.15) is 0 Å². The molecule has 27 heavy (non-hydrogen) atoms. The van der Waals surface area contributed by atoms with Crippen LogP contribution in [-0.4, -0.2) is 15.0 Å². The molecule has 0 amide bonds. The molecule has 0 atom stereocenters. The summed E-state index contributed by atoms with van der Waals surface area (Å²) >= 11 is 0. The smallest absolute Gasteiger partial charge is 0.160 e. The van der Waals surface area contributed by atoms with Gasteiger partial charge < -0.3 is 4.74 Å². The molecule has 0 saturated heterocycles. The predicted molar refractivity (Wildman–Crippen MR) is 107 cm³/mol. The molecule has 128 valence electrons. The van der Waals surface area contributed by atoms with Gasteiger partial charge in [-0.15, -0.1) is 0 Å². The first-order chi connectivity index (χ1) is 13.4. The van der Waals surface area contributed by atoms with Gasteiger partial charge in [-0.25, -0.2) is 9.97 Å². The monoisotopic (exact) mass is 349 g/mol. The van der Waals surface area contributed by atoms with Crippen LogP contribution in [0.4, 0.5) is 0 Å². The lowest BCUT2D eigenvalue weighted by Gasteiger charge is -2.13. The van der Waals surface area contributed by atoms with Crippen LogP contribution >= 0.6 is 0 Å². The Morgan fingerprint density at radius 3 is 2.44 bits per heavy atom.